The lowest BCUT2D eigenvalue weighted by molar-refractivity contribution is 0.388. The number of nitrogens with zero attached hydrogens (tertiary/aromatic N) is 3. The van der Waals surface area contributed by atoms with Crippen molar-refractivity contribution in [3.8, 4) is 5.88 Å². The molecule has 0 aromatic carbocycles. The lowest BCUT2D eigenvalue weighted by Crippen LogP contribution is -2.01. The van der Waals surface area contributed by atoms with E-state index in [-0.39, 0.29) is 10.9 Å². The van der Waals surface area contributed by atoms with Crippen molar-refractivity contribution in [2.24, 2.45) is 0 Å². The van der Waals surface area contributed by atoms with E-state index in [1.165, 1.54) is 7.11 Å². The number of fused-ring (bicyclic) bond motifs is 1. The summed E-state index contributed by atoms with van der Waals surface area (Å²) in [4.78, 5) is 3.84. The number of rotatable bonds is 2. The fourth-order valence-electron chi connectivity index (χ4n) is 1.11. The standard InChI is InChI=1S/C7H6ClN3O3S/c1-14-6-3-2-5-9-4-7(11(5)10-6)15(8,12)13/h2-4H,1H3. The molecule has 80 valence electrons. The van der Waals surface area contributed by atoms with Gasteiger partial charge in [0.2, 0.25) is 5.88 Å². The highest BCUT2D eigenvalue weighted by Crippen LogP contribution is 2.17. The molecule has 0 unspecified atom stereocenters. The molecule has 15 heavy (non-hydrogen) atoms. The van der Waals surface area contributed by atoms with Gasteiger partial charge in [-0.25, -0.2) is 13.4 Å². The summed E-state index contributed by atoms with van der Waals surface area (Å²) in [6.45, 7) is 0. The van der Waals surface area contributed by atoms with Gasteiger partial charge in [0.05, 0.1) is 13.3 Å². The molecule has 2 heterocycles. The summed E-state index contributed by atoms with van der Waals surface area (Å²) >= 11 is 0. The SMILES string of the molecule is COc1ccc2ncc(S(=O)(=O)Cl)n2n1. The number of aromatic nitrogens is 3. The molecule has 8 heteroatoms. The molecule has 0 spiro atoms. The minimum absolute atomic E-state index is 0.182. The number of ether oxygens (including phenoxy) is 1. The Morgan fingerprint density at radius 2 is 2.20 bits per heavy atom. The Bertz CT molecular complexity index is 607. The van der Waals surface area contributed by atoms with Gasteiger partial charge in [-0.05, 0) is 6.07 Å². The molecule has 2 rings (SSSR count). The maximum Gasteiger partial charge on any atom is 0.280 e. The molecule has 0 atom stereocenters. The minimum Gasteiger partial charge on any atom is -0.480 e. The van der Waals surface area contributed by atoms with Crippen LogP contribution < -0.4 is 4.74 Å². The molecule has 0 fully saturated rings. The summed E-state index contributed by atoms with van der Waals surface area (Å²) in [6, 6.07) is 3.16. The van der Waals surface area contributed by atoms with Crippen molar-refractivity contribution in [3.05, 3.63) is 18.3 Å². The topological polar surface area (TPSA) is 73.6 Å². The Labute approximate surface area is 89.9 Å². The third-order valence-corrected chi connectivity index (χ3v) is 3.02. The van der Waals surface area contributed by atoms with E-state index in [2.05, 4.69) is 10.1 Å². The normalized spacial score (nSPS) is 11.9. The summed E-state index contributed by atoms with van der Waals surface area (Å²) in [7, 11) is 2.78. The van der Waals surface area contributed by atoms with Gasteiger partial charge in [0.1, 0.15) is 0 Å². The van der Waals surface area contributed by atoms with Gasteiger partial charge in [-0.1, -0.05) is 0 Å². The van der Waals surface area contributed by atoms with Crippen molar-refractivity contribution in [1.82, 2.24) is 14.6 Å². The zero-order valence-corrected chi connectivity index (χ0v) is 9.16. The van der Waals surface area contributed by atoms with Crippen molar-refractivity contribution in [1.29, 1.82) is 0 Å². The third kappa shape index (κ3) is 1.75. The first-order valence-electron chi connectivity index (χ1n) is 3.86. The van der Waals surface area contributed by atoms with Crippen molar-refractivity contribution in [2.75, 3.05) is 7.11 Å². The van der Waals surface area contributed by atoms with Gasteiger partial charge in [0, 0.05) is 16.7 Å². The van der Waals surface area contributed by atoms with Crippen LogP contribution in [0.4, 0.5) is 0 Å². The van der Waals surface area contributed by atoms with E-state index in [0.29, 0.717) is 5.65 Å². The quantitative estimate of drug-likeness (QED) is 0.729. The molecule has 0 radical (unpaired) electrons. The summed E-state index contributed by atoms with van der Waals surface area (Å²) in [6.07, 6.45) is 1.14. The zero-order chi connectivity index (χ0) is 11.1. The minimum atomic E-state index is -3.86. The highest BCUT2D eigenvalue weighted by atomic mass is 35.7. The lowest BCUT2D eigenvalue weighted by atomic mass is 10.5. The Hall–Kier alpha value is -1.34. The van der Waals surface area contributed by atoms with E-state index < -0.39 is 9.05 Å². The van der Waals surface area contributed by atoms with Crippen molar-refractivity contribution in [2.45, 2.75) is 5.03 Å². The van der Waals surface area contributed by atoms with Crippen LogP contribution in [-0.2, 0) is 9.05 Å². The first-order valence-corrected chi connectivity index (χ1v) is 6.17. The van der Waals surface area contributed by atoms with Crippen LogP contribution in [0.1, 0.15) is 0 Å². The molecule has 2 aromatic heterocycles. The van der Waals surface area contributed by atoms with Crippen LogP contribution >= 0.6 is 10.7 Å². The molecule has 2 aromatic rings. The molecule has 0 aliphatic carbocycles. The fraction of sp³-hybridized carbons (Fsp3) is 0.143. The summed E-state index contributed by atoms with van der Waals surface area (Å²) in [5.41, 5.74) is 0.384. The van der Waals surface area contributed by atoms with Gasteiger partial charge in [-0.15, -0.1) is 5.10 Å². The largest absolute Gasteiger partial charge is 0.480 e. The number of hydrogen-bond donors (Lipinski definition) is 0. The van der Waals surface area contributed by atoms with Crippen LogP contribution in [0.25, 0.3) is 5.65 Å². The molecule has 0 aliphatic heterocycles. The smallest absolute Gasteiger partial charge is 0.280 e. The molecular formula is C7H6ClN3O3S. The first kappa shape index (κ1) is 10.2. The predicted octanol–water partition coefficient (Wildman–Crippen LogP) is 0.665. The van der Waals surface area contributed by atoms with Gasteiger partial charge >= 0.3 is 0 Å². The molecule has 6 nitrogen and oxygen atoms in total. The fourth-order valence-corrected chi connectivity index (χ4v) is 1.95. The summed E-state index contributed by atoms with van der Waals surface area (Å²) < 4.78 is 28.2. The third-order valence-electron chi connectivity index (χ3n) is 1.77. The van der Waals surface area contributed by atoms with Crippen molar-refractivity contribution in [3.63, 3.8) is 0 Å². The van der Waals surface area contributed by atoms with Gasteiger partial charge in [0.25, 0.3) is 9.05 Å². The molecule has 0 saturated heterocycles. The lowest BCUT2D eigenvalue weighted by Gasteiger charge is -2.00. The molecule has 0 saturated carbocycles. The van der Waals surface area contributed by atoms with E-state index >= 15 is 0 Å². The maximum atomic E-state index is 11.1. The molecule has 0 aliphatic rings. The number of methoxy groups -OCH3 is 1. The van der Waals surface area contributed by atoms with Gasteiger partial charge in [0.15, 0.2) is 10.7 Å². The van der Waals surface area contributed by atoms with Gasteiger partial charge < -0.3 is 4.74 Å². The van der Waals surface area contributed by atoms with Gasteiger partial charge in [-0.2, -0.15) is 4.52 Å². The predicted molar refractivity (Wildman–Crippen MR) is 52.6 cm³/mol. The van der Waals surface area contributed by atoms with Crippen molar-refractivity contribution < 1.29 is 13.2 Å². The van der Waals surface area contributed by atoms with Gasteiger partial charge in [-0.3, -0.25) is 0 Å². The highest BCUT2D eigenvalue weighted by molar-refractivity contribution is 8.13. The van der Waals surface area contributed by atoms with Crippen LogP contribution in [0.5, 0.6) is 5.88 Å². The van der Waals surface area contributed by atoms with Crippen LogP contribution in [-0.4, -0.2) is 30.1 Å². The maximum absolute atomic E-state index is 11.1. The zero-order valence-electron chi connectivity index (χ0n) is 7.58. The molecular weight excluding hydrogens is 242 g/mol. The van der Waals surface area contributed by atoms with Crippen LogP contribution in [0, 0.1) is 0 Å². The monoisotopic (exact) mass is 247 g/mol. The van der Waals surface area contributed by atoms with E-state index in [4.69, 9.17) is 15.4 Å². The molecule has 0 bridgehead atoms. The number of halogens is 1. The second-order valence-electron chi connectivity index (χ2n) is 2.68. The Morgan fingerprint density at radius 1 is 1.47 bits per heavy atom. The van der Waals surface area contributed by atoms with E-state index in [1.54, 1.807) is 12.1 Å². The van der Waals surface area contributed by atoms with Crippen LogP contribution in [0.3, 0.4) is 0 Å². The van der Waals surface area contributed by atoms with E-state index in [1.807, 2.05) is 0 Å². The summed E-state index contributed by atoms with van der Waals surface area (Å²) in [5.74, 6) is 0.280. The Kier molecular flexibility index (Phi) is 2.28. The second kappa shape index (κ2) is 3.35. The first-order chi connectivity index (χ1) is 7.02. The van der Waals surface area contributed by atoms with E-state index in [0.717, 1.165) is 10.7 Å². The number of hydrogen-bond acceptors (Lipinski definition) is 5. The Morgan fingerprint density at radius 3 is 2.80 bits per heavy atom. The number of imidazole rings is 1. The molecule has 0 N–H and O–H groups in total. The van der Waals surface area contributed by atoms with Crippen LogP contribution in [0.2, 0.25) is 0 Å². The summed E-state index contributed by atoms with van der Waals surface area (Å²) in [5, 5.41) is 3.71. The average Bonchev–Trinajstić information content (AvgIpc) is 2.59. The second-order valence-corrected chi connectivity index (χ2v) is 5.19. The Balaban J connectivity index is 2.78. The highest BCUT2D eigenvalue weighted by Gasteiger charge is 2.17. The van der Waals surface area contributed by atoms with Crippen molar-refractivity contribution >= 4 is 25.4 Å². The average molecular weight is 248 g/mol. The molecule has 0 amide bonds. The van der Waals surface area contributed by atoms with E-state index in [9.17, 15) is 8.42 Å². The van der Waals surface area contributed by atoms with Crippen LogP contribution in [0.15, 0.2) is 23.4 Å².